The molecule has 1 aliphatic rings. The molecular formula is C27H26N2O8S. The zero-order valence-electron chi connectivity index (χ0n) is 21.4. The summed E-state index contributed by atoms with van der Waals surface area (Å²) in [4.78, 5) is 44.9. The summed E-state index contributed by atoms with van der Waals surface area (Å²) in [6.07, 6.45) is 0. The predicted molar refractivity (Wildman–Crippen MR) is 140 cm³/mol. The van der Waals surface area contributed by atoms with Gasteiger partial charge in [0.15, 0.2) is 16.6 Å². The SMILES string of the molecule is CCOc1cccc(C(O)=C2C(=O)C(=O)N(c3nc(C)c(C(=O)OC)s3)C2c2ccc(OC)c(OC)c2)c1. The molecule has 10 nitrogen and oxygen atoms in total. The molecule has 1 amide bonds. The van der Waals surface area contributed by atoms with Crippen LogP contribution in [0.1, 0.15) is 39.5 Å². The summed E-state index contributed by atoms with van der Waals surface area (Å²) in [6.45, 7) is 3.84. The van der Waals surface area contributed by atoms with E-state index in [1.54, 1.807) is 49.4 Å². The predicted octanol–water partition coefficient (Wildman–Crippen LogP) is 4.28. The number of aromatic nitrogens is 1. The number of anilines is 1. The van der Waals surface area contributed by atoms with Gasteiger partial charge in [-0.1, -0.05) is 29.5 Å². The topological polar surface area (TPSA) is 124 Å². The summed E-state index contributed by atoms with van der Waals surface area (Å²) in [7, 11) is 4.19. The number of aryl methyl sites for hydroxylation is 1. The van der Waals surface area contributed by atoms with Crippen molar-refractivity contribution in [3.8, 4) is 17.2 Å². The van der Waals surface area contributed by atoms with Gasteiger partial charge in [-0.15, -0.1) is 0 Å². The first-order valence-corrected chi connectivity index (χ1v) is 12.4. The Morgan fingerprint density at radius 3 is 2.47 bits per heavy atom. The Hall–Kier alpha value is -4.38. The van der Waals surface area contributed by atoms with Gasteiger partial charge >= 0.3 is 11.9 Å². The van der Waals surface area contributed by atoms with E-state index in [2.05, 4.69) is 4.98 Å². The number of esters is 1. The van der Waals surface area contributed by atoms with E-state index in [4.69, 9.17) is 18.9 Å². The summed E-state index contributed by atoms with van der Waals surface area (Å²) < 4.78 is 21.1. The average molecular weight is 539 g/mol. The number of methoxy groups -OCH3 is 3. The zero-order chi connectivity index (χ0) is 27.6. The Morgan fingerprint density at radius 2 is 1.82 bits per heavy atom. The maximum atomic E-state index is 13.4. The van der Waals surface area contributed by atoms with Crippen LogP contribution in [0.5, 0.6) is 17.2 Å². The smallest absolute Gasteiger partial charge is 0.350 e. The molecule has 38 heavy (non-hydrogen) atoms. The van der Waals surface area contributed by atoms with Crippen LogP contribution in [0.15, 0.2) is 48.0 Å². The molecule has 1 atom stereocenters. The van der Waals surface area contributed by atoms with Gasteiger partial charge in [0.25, 0.3) is 5.78 Å². The first kappa shape index (κ1) is 26.7. The molecule has 1 fully saturated rings. The van der Waals surface area contributed by atoms with E-state index >= 15 is 0 Å². The number of carbonyl (C=O) groups excluding carboxylic acids is 3. The van der Waals surface area contributed by atoms with E-state index in [-0.39, 0.29) is 21.3 Å². The van der Waals surface area contributed by atoms with Gasteiger partial charge in [0, 0.05) is 5.56 Å². The molecule has 3 aromatic rings. The van der Waals surface area contributed by atoms with Crippen molar-refractivity contribution in [3.05, 3.63) is 69.7 Å². The molecule has 198 valence electrons. The Balaban J connectivity index is 1.96. The van der Waals surface area contributed by atoms with Crippen LogP contribution in [-0.2, 0) is 14.3 Å². The maximum Gasteiger partial charge on any atom is 0.350 e. The number of ether oxygens (including phenoxy) is 4. The van der Waals surface area contributed by atoms with Gasteiger partial charge in [-0.3, -0.25) is 14.5 Å². The molecule has 0 saturated carbocycles. The quantitative estimate of drug-likeness (QED) is 0.194. The van der Waals surface area contributed by atoms with Crippen molar-refractivity contribution in [1.29, 1.82) is 0 Å². The van der Waals surface area contributed by atoms with E-state index in [0.29, 0.717) is 40.7 Å². The van der Waals surface area contributed by atoms with E-state index in [1.807, 2.05) is 6.92 Å². The van der Waals surface area contributed by atoms with Crippen molar-refractivity contribution in [1.82, 2.24) is 4.98 Å². The van der Waals surface area contributed by atoms with Crippen LogP contribution in [0.4, 0.5) is 5.13 Å². The number of aliphatic hydroxyl groups is 1. The van der Waals surface area contributed by atoms with Gasteiger partial charge in [0.2, 0.25) is 0 Å². The minimum absolute atomic E-state index is 0.104. The second-order valence-electron chi connectivity index (χ2n) is 8.15. The molecule has 0 spiro atoms. The number of aliphatic hydroxyl groups excluding tert-OH is 1. The molecule has 1 N–H and O–H groups in total. The first-order chi connectivity index (χ1) is 18.2. The number of amides is 1. The van der Waals surface area contributed by atoms with Crippen molar-refractivity contribution in [2.75, 3.05) is 32.8 Å². The Morgan fingerprint density at radius 1 is 1.08 bits per heavy atom. The van der Waals surface area contributed by atoms with Gasteiger partial charge in [0.05, 0.1) is 45.2 Å². The highest BCUT2D eigenvalue weighted by molar-refractivity contribution is 7.17. The maximum absolute atomic E-state index is 13.4. The lowest BCUT2D eigenvalue weighted by Gasteiger charge is -2.23. The molecule has 0 bridgehead atoms. The zero-order valence-corrected chi connectivity index (χ0v) is 22.3. The summed E-state index contributed by atoms with van der Waals surface area (Å²) in [5.74, 6) is -1.51. The third kappa shape index (κ3) is 4.68. The standard InChI is InChI=1S/C27H26N2O8S/c1-6-37-17-9-7-8-16(12-17)22(30)20-21(15-10-11-18(34-3)19(13-15)35-4)29(25(32)23(20)31)27-28-14(2)24(38-27)26(33)36-5/h7-13,21,30H,6H2,1-5H3. The van der Waals surface area contributed by atoms with Crippen LogP contribution < -0.4 is 19.1 Å². The van der Waals surface area contributed by atoms with Gasteiger partial charge < -0.3 is 24.1 Å². The Bertz CT molecular complexity index is 1440. The third-order valence-corrected chi connectivity index (χ3v) is 7.09. The van der Waals surface area contributed by atoms with Gasteiger partial charge in [-0.25, -0.2) is 9.78 Å². The number of ketones is 1. The van der Waals surface area contributed by atoms with Crippen LogP contribution >= 0.6 is 11.3 Å². The highest BCUT2D eigenvalue weighted by Gasteiger charge is 2.48. The molecule has 0 radical (unpaired) electrons. The summed E-state index contributed by atoms with van der Waals surface area (Å²) in [5.41, 5.74) is 0.944. The van der Waals surface area contributed by atoms with E-state index < -0.39 is 23.7 Å². The fourth-order valence-corrected chi connectivity index (χ4v) is 5.20. The fourth-order valence-electron chi connectivity index (χ4n) is 4.19. The highest BCUT2D eigenvalue weighted by Crippen LogP contribution is 2.45. The molecule has 11 heteroatoms. The van der Waals surface area contributed by atoms with Crippen LogP contribution in [0.2, 0.25) is 0 Å². The number of Topliss-reactive ketones (excluding diaryl/α,β-unsaturated/α-hetero) is 1. The van der Waals surface area contributed by atoms with Crippen LogP contribution in [0.25, 0.3) is 5.76 Å². The third-order valence-electron chi connectivity index (χ3n) is 5.95. The van der Waals surface area contributed by atoms with Crippen molar-refractivity contribution >= 4 is 39.9 Å². The molecule has 2 heterocycles. The summed E-state index contributed by atoms with van der Waals surface area (Å²) >= 11 is 0.917. The molecule has 4 rings (SSSR count). The number of nitrogens with zero attached hydrogens (tertiary/aromatic N) is 2. The van der Waals surface area contributed by atoms with Gasteiger partial charge in [0.1, 0.15) is 16.4 Å². The van der Waals surface area contributed by atoms with E-state index in [1.165, 1.54) is 26.2 Å². The molecule has 1 unspecified atom stereocenters. The Labute approximate surface area is 223 Å². The number of thiazole rings is 1. The lowest BCUT2D eigenvalue weighted by Crippen LogP contribution is -2.29. The lowest BCUT2D eigenvalue weighted by atomic mass is 9.95. The summed E-state index contributed by atoms with van der Waals surface area (Å²) in [6, 6.07) is 10.4. The number of carbonyl (C=O) groups is 3. The lowest BCUT2D eigenvalue weighted by molar-refractivity contribution is -0.132. The van der Waals surface area contributed by atoms with E-state index in [0.717, 1.165) is 11.3 Å². The average Bonchev–Trinajstić information content (AvgIpc) is 3.44. The second kappa shape index (κ2) is 10.9. The molecule has 1 aromatic heterocycles. The minimum atomic E-state index is -1.08. The molecule has 2 aromatic carbocycles. The molecular weight excluding hydrogens is 512 g/mol. The number of benzene rings is 2. The van der Waals surface area contributed by atoms with Gasteiger partial charge in [-0.05, 0) is 43.7 Å². The Kier molecular flexibility index (Phi) is 7.67. The van der Waals surface area contributed by atoms with Gasteiger partial charge in [-0.2, -0.15) is 0 Å². The number of hydrogen-bond acceptors (Lipinski definition) is 10. The normalized spacial score (nSPS) is 16.4. The van der Waals surface area contributed by atoms with Crippen molar-refractivity contribution < 1.29 is 38.4 Å². The monoisotopic (exact) mass is 538 g/mol. The van der Waals surface area contributed by atoms with Crippen molar-refractivity contribution in [3.63, 3.8) is 0 Å². The molecule has 1 aliphatic heterocycles. The largest absolute Gasteiger partial charge is 0.507 e. The molecule has 0 aliphatic carbocycles. The van der Waals surface area contributed by atoms with Crippen molar-refractivity contribution in [2.45, 2.75) is 19.9 Å². The van der Waals surface area contributed by atoms with Crippen LogP contribution in [-0.4, -0.2) is 55.7 Å². The minimum Gasteiger partial charge on any atom is -0.507 e. The summed E-state index contributed by atoms with van der Waals surface area (Å²) in [5, 5.41) is 11.5. The second-order valence-corrected chi connectivity index (χ2v) is 9.12. The van der Waals surface area contributed by atoms with Crippen molar-refractivity contribution in [2.24, 2.45) is 0 Å². The first-order valence-electron chi connectivity index (χ1n) is 11.6. The highest BCUT2D eigenvalue weighted by atomic mass is 32.1. The molecule has 1 saturated heterocycles. The van der Waals surface area contributed by atoms with Crippen LogP contribution in [0, 0.1) is 6.92 Å². The number of rotatable bonds is 8. The fraction of sp³-hybridized carbons (Fsp3) is 0.259. The van der Waals surface area contributed by atoms with E-state index in [9.17, 15) is 19.5 Å². The van der Waals surface area contributed by atoms with Crippen LogP contribution in [0.3, 0.4) is 0 Å². The number of hydrogen-bond donors (Lipinski definition) is 1.